The van der Waals surface area contributed by atoms with Gasteiger partial charge in [-0.1, -0.05) is 15.9 Å². The maximum Gasteiger partial charge on any atom is 0.344 e. The number of carboxylic acid groups (broad SMARTS) is 1. The molecule has 1 aliphatic heterocycles. The second-order valence-corrected chi connectivity index (χ2v) is 6.81. The van der Waals surface area contributed by atoms with E-state index in [9.17, 15) is 20.0 Å². The van der Waals surface area contributed by atoms with Crippen LogP contribution >= 0.6 is 15.9 Å². The number of benzene rings is 1. The largest absolute Gasteiger partial charge is 0.479 e. The van der Waals surface area contributed by atoms with E-state index in [1.165, 1.54) is 6.92 Å². The summed E-state index contributed by atoms with van der Waals surface area (Å²) in [6.45, 7) is 4.70. The van der Waals surface area contributed by atoms with Gasteiger partial charge in [0.05, 0.1) is 18.1 Å². The highest BCUT2D eigenvalue weighted by atomic mass is 79.9. The van der Waals surface area contributed by atoms with Crippen LogP contribution in [0.1, 0.15) is 32.3 Å². The summed E-state index contributed by atoms with van der Waals surface area (Å²) < 4.78 is 16.7. The Bertz CT molecular complexity index is 915. The van der Waals surface area contributed by atoms with Crippen LogP contribution in [0.5, 0.6) is 5.75 Å². The molecule has 0 bridgehead atoms. The highest BCUT2D eigenvalue weighted by molar-refractivity contribution is 9.10. The average Bonchev–Trinajstić information content (AvgIpc) is 2.62. The van der Waals surface area contributed by atoms with Gasteiger partial charge < -0.3 is 25.1 Å². The molecule has 1 aliphatic rings. The van der Waals surface area contributed by atoms with E-state index in [1.54, 1.807) is 32.0 Å². The summed E-state index contributed by atoms with van der Waals surface area (Å²) in [7, 11) is 0. The van der Waals surface area contributed by atoms with Gasteiger partial charge in [-0.05, 0) is 39.0 Å². The zero-order valence-corrected chi connectivity index (χ0v) is 17.1. The van der Waals surface area contributed by atoms with Crippen LogP contribution in [-0.2, 0) is 19.1 Å². The van der Waals surface area contributed by atoms with Crippen molar-refractivity contribution in [3.05, 3.63) is 51.0 Å². The predicted octanol–water partition coefficient (Wildman–Crippen LogP) is 2.95. The Kier molecular flexibility index (Phi) is 6.70. The summed E-state index contributed by atoms with van der Waals surface area (Å²) in [4.78, 5) is 23.8. The number of aliphatic carboxylic acids is 1. The number of rotatable bonds is 6. The van der Waals surface area contributed by atoms with Gasteiger partial charge >= 0.3 is 11.9 Å². The quantitative estimate of drug-likeness (QED) is 0.631. The van der Waals surface area contributed by atoms with Crippen molar-refractivity contribution in [1.29, 1.82) is 5.26 Å². The minimum absolute atomic E-state index is 0.000388. The van der Waals surface area contributed by atoms with Crippen molar-refractivity contribution in [3.63, 3.8) is 0 Å². The number of nitrogens with two attached hydrogens (primary N) is 1. The molecular weight excluding hydrogens is 432 g/mol. The fourth-order valence-electron chi connectivity index (χ4n) is 2.76. The minimum Gasteiger partial charge on any atom is -0.479 e. The molecule has 2 atom stereocenters. The number of nitrogens with zero attached hydrogens (tertiary/aromatic N) is 1. The molecule has 9 heteroatoms. The lowest BCUT2D eigenvalue weighted by Gasteiger charge is -2.28. The Morgan fingerprint density at radius 1 is 1.46 bits per heavy atom. The van der Waals surface area contributed by atoms with E-state index in [4.69, 9.17) is 19.9 Å². The summed E-state index contributed by atoms with van der Waals surface area (Å²) in [5.41, 5.74) is 6.36. The minimum atomic E-state index is -1.16. The third-order valence-electron chi connectivity index (χ3n) is 4.04. The van der Waals surface area contributed by atoms with Crippen LogP contribution in [0.4, 0.5) is 0 Å². The van der Waals surface area contributed by atoms with Gasteiger partial charge in [-0.3, -0.25) is 0 Å². The van der Waals surface area contributed by atoms with Gasteiger partial charge in [0.2, 0.25) is 5.88 Å². The van der Waals surface area contributed by atoms with Gasteiger partial charge in [0.1, 0.15) is 23.2 Å². The maximum atomic E-state index is 12.6. The molecule has 2 unspecified atom stereocenters. The zero-order valence-electron chi connectivity index (χ0n) is 15.5. The predicted molar refractivity (Wildman–Crippen MR) is 102 cm³/mol. The van der Waals surface area contributed by atoms with E-state index in [0.29, 0.717) is 10.0 Å². The summed E-state index contributed by atoms with van der Waals surface area (Å²) in [5.74, 6) is -2.52. The Hall–Kier alpha value is -2.99. The second kappa shape index (κ2) is 8.80. The molecule has 0 radical (unpaired) electrons. The van der Waals surface area contributed by atoms with Gasteiger partial charge in [0.15, 0.2) is 6.10 Å². The van der Waals surface area contributed by atoms with Crippen molar-refractivity contribution in [2.24, 2.45) is 5.73 Å². The molecule has 148 valence electrons. The van der Waals surface area contributed by atoms with Crippen LogP contribution in [0.15, 0.2) is 45.5 Å². The molecule has 8 nitrogen and oxygen atoms in total. The lowest BCUT2D eigenvalue weighted by Crippen LogP contribution is -2.27. The Morgan fingerprint density at radius 3 is 2.71 bits per heavy atom. The molecule has 1 aromatic carbocycles. The number of hydrogen-bond acceptors (Lipinski definition) is 7. The van der Waals surface area contributed by atoms with E-state index < -0.39 is 24.0 Å². The molecule has 1 aromatic rings. The van der Waals surface area contributed by atoms with E-state index >= 15 is 0 Å². The SMILES string of the molecule is CCOC(=O)C1=C(C)OC(N)=C(C#N)C1c1cc(Br)ccc1OC(C)C(=O)O. The van der Waals surface area contributed by atoms with Crippen LogP contribution in [0.2, 0.25) is 0 Å². The molecule has 0 aromatic heterocycles. The molecular formula is C19H19BrN2O6. The molecule has 0 spiro atoms. The van der Waals surface area contributed by atoms with Crippen molar-refractivity contribution < 1.29 is 28.9 Å². The first-order valence-electron chi connectivity index (χ1n) is 8.35. The molecule has 2 rings (SSSR count). The molecule has 1 heterocycles. The van der Waals surface area contributed by atoms with E-state index in [2.05, 4.69) is 15.9 Å². The van der Waals surface area contributed by atoms with Gasteiger partial charge in [0.25, 0.3) is 0 Å². The van der Waals surface area contributed by atoms with Crippen molar-refractivity contribution in [2.75, 3.05) is 6.61 Å². The van der Waals surface area contributed by atoms with E-state index in [1.807, 2.05) is 6.07 Å². The second-order valence-electron chi connectivity index (χ2n) is 5.90. The first-order valence-corrected chi connectivity index (χ1v) is 9.14. The lowest BCUT2D eigenvalue weighted by molar-refractivity contribution is -0.144. The van der Waals surface area contributed by atoms with Gasteiger partial charge in [0, 0.05) is 10.0 Å². The molecule has 0 saturated carbocycles. The number of carbonyl (C=O) groups excluding carboxylic acids is 1. The number of esters is 1. The van der Waals surface area contributed by atoms with Crippen LogP contribution in [0.25, 0.3) is 0 Å². The molecule has 0 saturated heterocycles. The zero-order chi connectivity index (χ0) is 21.0. The van der Waals surface area contributed by atoms with Crippen molar-refractivity contribution in [2.45, 2.75) is 32.8 Å². The number of halogens is 1. The molecule has 3 N–H and O–H groups in total. The smallest absolute Gasteiger partial charge is 0.344 e. The fourth-order valence-corrected chi connectivity index (χ4v) is 3.14. The van der Waals surface area contributed by atoms with Crippen LogP contribution < -0.4 is 10.5 Å². The first-order chi connectivity index (χ1) is 13.2. The van der Waals surface area contributed by atoms with Crippen molar-refractivity contribution in [1.82, 2.24) is 0 Å². The third-order valence-corrected chi connectivity index (χ3v) is 4.53. The highest BCUT2D eigenvalue weighted by Crippen LogP contribution is 2.44. The van der Waals surface area contributed by atoms with Gasteiger partial charge in [-0.2, -0.15) is 5.26 Å². The number of carbonyl (C=O) groups is 2. The molecule has 0 fully saturated rings. The maximum absolute atomic E-state index is 12.6. The average molecular weight is 451 g/mol. The summed E-state index contributed by atoms with van der Waals surface area (Å²) in [6, 6.07) is 6.82. The summed E-state index contributed by atoms with van der Waals surface area (Å²) in [5, 5.41) is 18.8. The third kappa shape index (κ3) is 4.28. The van der Waals surface area contributed by atoms with Crippen LogP contribution in [0, 0.1) is 11.3 Å². The topological polar surface area (TPSA) is 132 Å². The van der Waals surface area contributed by atoms with Crippen LogP contribution in [-0.4, -0.2) is 29.8 Å². The van der Waals surface area contributed by atoms with Crippen LogP contribution in [0.3, 0.4) is 0 Å². The van der Waals surface area contributed by atoms with Gasteiger partial charge in [-0.15, -0.1) is 0 Å². The number of nitriles is 1. The first kappa shape index (κ1) is 21.3. The highest BCUT2D eigenvalue weighted by Gasteiger charge is 2.38. The molecule has 0 aliphatic carbocycles. The standard InChI is InChI=1S/C19H19BrN2O6/c1-4-26-19(25)15-9(2)28-17(22)13(8-21)16(15)12-7-11(20)5-6-14(12)27-10(3)18(23)24/h5-7,10,16H,4,22H2,1-3H3,(H,23,24). The number of carboxylic acids is 1. The molecule has 28 heavy (non-hydrogen) atoms. The Labute approximate surface area is 170 Å². The van der Waals surface area contributed by atoms with Crippen molar-refractivity contribution in [3.8, 4) is 11.8 Å². The summed E-state index contributed by atoms with van der Waals surface area (Å²) in [6.07, 6.45) is -1.15. The number of ether oxygens (including phenoxy) is 3. The lowest BCUT2D eigenvalue weighted by atomic mass is 9.82. The number of allylic oxidation sites excluding steroid dienone is 2. The van der Waals surface area contributed by atoms with E-state index in [0.717, 1.165) is 0 Å². The Balaban J connectivity index is 2.70. The van der Waals surface area contributed by atoms with Crippen molar-refractivity contribution >= 4 is 27.9 Å². The summed E-state index contributed by atoms with van der Waals surface area (Å²) >= 11 is 3.35. The molecule has 0 amide bonds. The fraction of sp³-hybridized carbons (Fsp3) is 0.316. The van der Waals surface area contributed by atoms with E-state index in [-0.39, 0.29) is 35.1 Å². The number of hydrogen-bond donors (Lipinski definition) is 2. The van der Waals surface area contributed by atoms with Gasteiger partial charge in [-0.25, -0.2) is 9.59 Å². The normalized spacial score (nSPS) is 17.5. The monoisotopic (exact) mass is 450 g/mol. The Morgan fingerprint density at radius 2 is 2.14 bits per heavy atom.